The number of carbonyl (C=O) groups is 14. The number of carboxylic acid groups (broad SMARTS) is 1. The van der Waals surface area contributed by atoms with Gasteiger partial charge in [0.1, 0.15) is 48.8 Å². The van der Waals surface area contributed by atoms with Crippen LogP contribution in [0.5, 0.6) is 0 Å². The number of primary amides is 1. The Kier molecular flexibility index (Phi) is 29.1. The maximum absolute atomic E-state index is 13.9. The molecule has 0 aromatic carbocycles. The lowest BCUT2D eigenvalue weighted by Gasteiger charge is -2.25. The summed E-state index contributed by atoms with van der Waals surface area (Å²) in [5, 5.41) is 47.6. The first-order valence-electron chi connectivity index (χ1n) is 28.0. The van der Waals surface area contributed by atoms with E-state index in [0.717, 1.165) is 0 Å². The van der Waals surface area contributed by atoms with Crippen LogP contribution >= 0.6 is 0 Å². The molecule has 22 N–H and O–H groups in total. The number of aliphatic carboxylic acids is 1. The van der Waals surface area contributed by atoms with E-state index in [-0.39, 0.29) is 25.7 Å². The monoisotopic (exact) mass is 1260 g/mol. The Morgan fingerprint density at radius 1 is 0.422 bits per heavy atom. The van der Waals surface area contributed by atoms with Gasteiger partial charge in [-0.1, -0.05) is 27.7 Å². The predicted octanol–water partition coefficient (Wildman–Crippen LogP) is -9.19. The highest BCUT2D eigenvalue weighted by molar-refractivity contribution is 5.98. The van der Waals surface area contributed by atoms with Gasteiger partial charge >= 0.3 is 5.97 Å². The zero-order chi connectivity index (χ0) is 66.5. The smallest absolute Gasteiger partial charge is 0.322 e. The van der Waals surface area contributed by atoms with E-state index in [4.69, 9.17) is 16.6 Å². The summed E-state index contributed by atoms with van der Waals surface area (Å²) in [6, 6.07) is -11.1. The average molecular weight is 1270 g/mol. The third-order valence-corrected chi connectivity index (χ3v) is 13.0. The van der Waals surface area contributed by atoms with Gasteiger partial charge in [0, 0.05) is 79.7 Å². The normalized spacial score (nSPS) is 13.6. The van der Waals surface area contributed by atoms with Gasteiger partial charge in [-0.05, 0) is 18.3 Å². The highest BCUT2D eigenvalue weighted by atomic mass is 16.4. The van der Waals surface area contributed by atoms with Gasteiger partial charge in [0.05, 0.1) is 64.1 Å². The molecule has 90 heavy (non-hydrogen) atoms. The number of carbonyl (C=O) groups excluding carboxylic acids is 13. The molecule has 4 aromatic rings. The molecule has 4 rings (SSSR count). The van der Waals surface area contributed by atoms with Crippen molar-refractivity contribution in [3.8, 4) is 0 Å². The van der Waals surface area contributed by atoms with Crippen molar-refractivity contribution in [1.29, 1.82) is 0 Å². The molecule has 0 aliphatic carbocycles. The maximum atomic E-state index is 13.9. The Bertz CT molecular complexity index is 3070. The minimum Gasteiger partial charge on any atom is -0.480 e. The standard InChI is InChI=1S/C52H76N22O16/c1-25(2)43(51(89)71-35(10-30-14-58-24-67-30)48(86)63-19-42(81)82)74-41(80)18-61-47(85)34(9-29-13-57-23-66-29)70-50(88)32(5-6-37(54)76)68-38(77)15-60-46(84)33(8-28-12-56-22-65-28)69-39(78)16-62-49(87)36(20-75)72-52(90)44(26(3)4)73-40(79)17-59-45(83)31(53)7-27-11-55-21-64-27/h11-14,21-26,31-36,43-44,75H,5-10,15-20,53H2,1-4H3,(H2,54,76)(H,55,64)(H,56,65)(H,57,66)(H,58,67)(H,59,83)(H,60,84)(H,61,85)(H,62,87)(H,63,86)(H,68,77)(H,69,78)(H,70,88)(H,71,89)(H,72,90)(H,73,79)(H,74,80)(H,81,82). The van der Waals surface area contributed by atoms with E-state index in [2.05, 4.69) is 104 Å². The Morgan fingerprint density at radius 2 is 0.744 bits per heavy atom. The van der Waals surface area contributed by atoms with E-state index in [9.17, 15) is 72.2 Å². The highest BCUT2D eigenvalue weighted by Crippen LogP contribution is 2.08. The molecule has 0 bridgehead atoms. The van der Waals surface area contributed by atoms with Gasteiger partial charge in [-0.3, -0.25) is 67.1 Å². The van der Waals surface area contributed by atoms with E-state index in [0.29, 0.717) is 22.8 Å². The molecule has 4 heterocycles. The Labute approximate surface area is 512 Å². The lowest BCUT2D eigenvalue weighted by Crippen LogP contribution is -2.58. The largest absolute Gasteiger partial charge is 0.480 e. The molecular formula is C52H76N22O16. The van der Waals surface area contributed by atoms with Crippen molar-refractivity contribution in [3.05, 3.63) is 72.9 Å². The summed E-state index contributed by atoms with van der Waals surface area (Å²) in [7, 11) is 0. The fourth-order valence-corrected chi connectivity index (χ4v) is 8.21. The van der Waals surface area contributed by atoms with Gasteiger partial charge in [-0.25, -0.2) is 19.9 Å². The summed E-state index contributed by atoms with van der Waals surface area (Å²) in [5.74, 6) is -14.3. The summed E-state index contributed by atoms with van der Waals surface area (Å²) in [4.78, 5) is 209. The number of nitrogens with zero attached hydrogens (tertiary/aromatic N) is 4. The molecule has 4 aromatic heterocycles. The van der Waals surface area contributed by atoms with Crippen molar-refractivity contribution in [1.82, 2.24) is 104 Å². The number of imidazole rings is 4. The van der Waals surface area contributed by atoms with Crippen LogP contribution in [0.15, 0.2) is 50.1 Å². The molecule has 38 nitrogen and oxygen atoms in total. The quantitative estimate of drug-likeness (QED) is 0.0197. The number of nitrogens with two attached hydrogens (primary N) is 2. The molecule has 8 unspecified atom stereocenters. The molecule has 0 radical (unpaired) electrons. The molecule has 0 fully saturated rings. The molecule has 0 saturated heterocycles. The number of aromatic amines is 4. The number of H-pyrrole nitrogens is 4. The van der Waals surface area contributed by atoms with Crippen LogP contribution in [-0.4, -0.2) is 221 Å². The number of rotatable bonds is 39. The van der Waals surface area contributed by atoms with Crippen LogP contribution in [0.2, 0.25) is 0 Å². The molecule has 490 valence electrons. The van der Waals surface area contributed by atoms with Crippen molar-refractivity contribution in [2.75, 3.05) is 39.3 Å². The van der Waals surface area contributed by atoms with E-state index in [1.807, 2.05) is 0 Å². The number of aliphatic hydroxyl groups excluding tert-OH is 1. The SMILES string of the molecule is CC(C)C(NC(=O)CNC(=O)C(N)Cc1cnc[nH]1)C(=O)NC(CO)C(=O)NCC(=O)NC(Cc1cnc[nH]1)C(=O)NCC(=O)NC(CCC(N)=O)C(=O)NC(Cc1cnc[nH]1)C(=O)NCC(=O)NC(C(=O)NC(Cc1cnc[nH]1)C(=O)NCC(=O)O)C(C)C. The maximum Gasteiger partial charge on any atom is 0.322 e. The Balaban J connectivity index is 1.34. The summed E-state index contributed by atoms with van der Waals surface area (Å²) in [6.45, 7) is 1.63. The van der Waals surface area contributed by atoms with Crippen LogP contribution in [0.25, 0.3) is 0 Å². The first kappa shape index (κ1) is 71.8. The molecule has 8 atom stereocenters. The van der Waals surface area contributed by atoms with Crippen LogP contribution in [-0.2, 0) is 92.8 Å². The first-order valence-corrected chi connectivity index (χ1v) is 28.0. The third-order valence-electron chi connectivity index (χ3n) is 13.0. The van der Waals surface area contributed by atoms with Crippen LogP contribution in [0.1, 0.15) is 63.3 Å². The molecule has 13 amide bonds. The fraction of sp³-hybridized carbons (Fsp3) is 0.500. The van der Waals surface area contributed by atoms with Crippen molar-refractivity contribution in [3.63, 3.8) is 0 Å². The Morgan fingerprint density at radius 3 is 1.10 bits per heavy atom. The van der Waals surface area contributed by atoms with Crippen LogP contribution in [0.3, 0.4) is 0 Å². The molecule has 0 saturated carbocycles. The molecule has 0 aliphatic rings. The van der Waals surface area contributed by atoms with Crippen LogP contribution in [0.4, 0.5) is 0 Å². The number of nitrogens with one attached hydrogen (secondary N) is 16. The second-order valence-electron chi connectivity index (χ2n) is 20.9. The Hall–Kier alpha value is -10.7. The lowest BCUT2D eigenvalue weighted by molar-refractivity contribution is -0.138. The van der Waals surface area contributed by atoms with E-state index in [1.165, 1.54) is 50.1 Å². The van der Waals surface area contributed by atoms with Gasteiger partial charge in [0.15, 0.2) is 0 Å². The van der Waals surface area contributed by atoms with Crippen LogP contribution < -0.4 is 75.3 Å². The van der Waals surface area contributed by atoms with Crippen molar-refractivity contribution >= 4 is 82.8 Å². The van der Waals surface area contributed by atoms with Gasteiger partial charge in [-0.15, -0.1) is 0 Å². The summed E-state index contributed by atoms with van der Waals surface area (Å²) >= 11 is 0. The number of aliphatic hydroxyl groups is 1. The number of hydrogen-bond acceptors (Lipinski definition) is 20. The summed E-state index contributed by atoms with van der Waals surface area (Å²) < 4.78 is 0. The van der Waals surface area contributed by atoms with Gasteiger partial charge in [-0.2, -0.15) is 0 Å². The van der Waals surface area contributed by atoms with Crippen molar-refractivity contribution in [2.45, 2.75) is 115 Å². The van der Waals surface area contributed by atoms with Crippen molar-refractivity contribution in [2.24, 2.45) is 23.3 Å². The van der Waals surface area contributed by atoms with E-state index >= 15 is 0 Å². The van der Waals surface area contributed by atoms with E-state index in [1.54, 1.807) is 27.7 Å². The highest BCUT2D eigenvalue weighted by Gasteiger charge is 2.34. The minimum absolute atomic E-state index is 0.104. The van der Waals surface area contributed by atoms with Crippen LogP contribution in [0, 0.1) is 11.8 Å². The molecule has 38 heteroatoms. The van der Waals surface area contributed by atoms with Crippen molar-refractivity contribution < 1.29 is 77.3 Å². The topological polar surface area (TPSA) is 591 Å². The summed E-state index contributed by atoms with van der Waals surface area (Å²) in [5.41, 5.74) is 12.9. The number of hydrogen-bond donors (Lipinski definition) is 20. The van der Waals surface area contributed by atoms with Gasteiger partial charge in [0.2, 0.25) is 76.8 Å². The molecule has 0 aliphatic heterocycles. The number of amides is 13. The second-order valence-corrected chi connectivity index (χ2v) is 20.9. The minimum atomic E-state index is -1.65. The zero-order valence-electron chi connectivity index (χ0n) is 49.4. The molecule has 0 spiro atoms. The average Bonchev–Trinajstić information content (AvgIpc) is 4.39. The van der Waals surface area contributed by atoms with E-state index < -0.39 is 195 Å². The first-order chi connectivity index (χ1) is 42.7. The molecular weight excluding hydrogens is 1190 g/mol. The van der Waals surface area contributed by atoms with Gasteiger partial charge in [0.25, 0.3) is 0 Å². The second kappa shape index (κ2) is 36.5. The third kappa shape index (κ3) is 25.4. The summed E-state index contributed by atoms with van der Waals surface area (Å²) in [6.07, 6.45) is 9.40. The zero-order valence-corrected chi connectivity index (χ0v) is 49.4. The fourth-order valence-electron chi connectivity index (χ4n) is 8.21. The number of aromatic nitrogens is 8. The predicted molar refractivity (Wildman–Crippen MR) is 309 cm³/mol. The van der Waals surface area contributed by atoms with Gasteiger partial charge < -0.3 is 105 Å². The lowest BCUT2D eigenvalue weighted by atomic mass is 10.0. The number of carboxylic acids is 1.